The molecular weight excluding hydrogens is 286 g/mol. The lowest BCUT2D eigenvalue weighted by Gasteiger charge is -2.13. The molecule has 0 radical (unpaired) electrons. The molecule has 0 saturated carbocycles. The summed E-state index contributed by atoms with van der Waals surface area (Å²) in [6.45, 7) is 0. The van der Waals surface area contributed by atoms with Crippen LogP contribution in [0.1, 0.15) is 5.69 Å². The summed E-state index contributed by atoms with van der Waals surface area (Å²) in [4.78, 5) is 21.8. The van der Waals surface area contributed by atoms with Crippen molar-refractivity contribution in [2.24, 2.45) is 4.99 Å². The molecule has 0 aliphatic carbocycles. The first-order valence-corrected chi connectivity index (χ1v) is 7.55. The fourth-order valence-electron chi connectivity index (χ4n) is 2.15. The zero-order valence-corrected chi connectivity index (χ0v) is 12.6. The summed E-state index contributed by atoms with van der Waals surface area (Å²) >= 11 is 1.45. The van der Waals surface area contributed by atoms with Crippen molar-refractivity contribution in [3.8, 4) is 0 Å². The van der Waals surface area contributed by atoms with E-state index in [1.54, 1.807) is 0 Å². The number of carbonyl (C=O) groups is 1. The summed E-state index contributed by atoms with van der Waals surface area (Å²) in [5.74, 6) is -0.404. The molecule has 2 aromatic rings. The molecule has 2 heterocycles. The van der Waals surface area contributed by atoms with Crippen LogP contribution < -0.4 is 4.90 Å². The van der Waals surface area contributed by atoms with E-state index in [2.05, 4.69) is 16.0 Å². The van der Waals surface area contributed by atoms with Gasteiger partial charge in [-0.1, -0.05) is 6.07 Å². The molecule has 0 spiro atoms. The van der Waals surface area contributed by atoms with E-state index in [4.69, 9.17) is 5.11 Å². The van der Waals surface area contributed by atoms with Crippen LogP contribution in [0.5, 0.6) is 0 Å². The maximum atomic E-state index is 10.9. The Labute approximate surface area is 126 Å². The third-order valence-corrected chi connectivity index (χ3v) is 4.41. The van der Waals surface area contributed by atoms with Crippen LogP contribution in [-0.2, 0) is 4.79 Å². The second-order valence-corrected chi connectivity index (χ2v) is 6.08. The van der Waals surface area contributed by atoms with Crippen molar-refractivity contribution >= 4 is 39.4 Å². The van der Waals surface area contributed by atoms with Gasteiger partial charge in [-0.2, -0.15) is 0 Å². The number of hydrogen-bond donors (Lipinski definition) is 1. The smallest absolute Gasteiger partial charge is 0.329 e. The average molecular weight is 301 g/mol. The van der Waals surface area contributed by atoms with Gasteiger partial charge >= 0.3 is 5.97 Å². The monoisotopic (exact) mass is 301 g/mol. The van der Waals surface area contributed by atoms with E-state index in [1.165, 1.54) is 11.8 Å². The van der Waals surface area contributed by atoms with Crippen molar-refractivity contribution in [3.05, 3.63) is 36.0 Å². The molecule has 108 valence electrons. The van der Waals surface area contributed by atoms with Crippen LogP contribution in [0, 0.1) is 0 Å². The van der Waals surface area contributed by atoms with Crippen LogP contribution in [0.2, 0.25) is 0 Å². The number of hydrogen-bond acceptors (Lipinski definition) is 5. The minimum Gasteiger partial charge on any atom is -0.480 e. The standard InChI is InChI=1S/C15H15N3O2S/c1-18(2)10-4-6-11-9(7-10)3-5-12(16-11)14-17-13(8-21-14)15(19)20/h3-7,13H,8H2,1-2H3,(H,19,20)/t13-/m1/s1. The van der Waals surface area contributed by atoms with Gasteiger partial charge in [0.2, 0.25) is 0 Å². The van der Waals surface area contributed by atoms with Crippen LogP contribution in [0.15, 0.2) is 35.3 Å². The maximum Gasteiger partial charge on any atom is 0.329 e. The van der Waals surface area contributed by atoms with Crippen molar-refractivity contribution in [2.75, 3.05) is 24.7 Å². The Hall–Kier alpha value is -2.08. The minimum absolute atomic E-state index is 0.476. The molecule has 5 nitrogen and oxygen atoms in total. The number of nitrogens with zero attached hydrogens (tertiary/aromatic N) is 3. The summed E-state index contributed by atoms with van der Waals surface area (Å²) in [6, 6.07) is 9.32. The lowest BCUT2D eigenvalue weighted by atomic mass is 10.1. The topological polar surface area (TPSA) is 65.8 Å². The molecule has 21 heavy (non-hydrogen) atoms. The molecule has 1 aromatic heterocycles. The fourth-order valence-corrected chi connectivity index (χ4v) is 3.15. The summed E-state index contributed by atoms with van der Waals surface area (Å²) in [6.07, 6.45) is 0. The van der Waals surface area contributed by atoms with Crippen molar-refractivity contribution in [1.82, 2.24) is 4.98 Å². The third kappa shape index (κ3) is 2.71. The molecule has 0 bridgehead atoms. The van der Waals surface area contributed by atoms with Crippen molar-refractivity contribution < 1.29 is 9.90 Å². The lowest BCUT2D eigenvalue weighted by molar-refractivity contribution is -0.137. The van der Waals surface area contributed by atoms with E-state index in [-0.39, 0.29) is 0 Å². The number of carboxylic acids is 1. The van der Waals surface area contributed by atoms with Gasteiger partial charge in [-0.15, -0.1) is 11.8 Å². The van der Waals surface area contributed by atoms with Gasteiger partial charge in [0.25, 0.3) is 0 Å². The zero-order valence-electron chi connectivity index (χ0n) is 11.8. The first-order chi connectivity index (χ1) is 10.0. The number of thioether (sulfide) groups is 1. The van der Waals surface area contributed by atoms with Gasteiger partial charge in [0.15, 0.2) is 6.04 Å². The molecule has 3 rings (SSSR count). The normalized spacial score (nSPS) is 17.8. The Morgan fingerprint density at radius 3 is 2.81 bits per heavy atom. The molecule has 0 unspecified atom stereocenters. The van der Waals surface area contributed by atoms with E-state index in [0.717, 1.165) is 22.3 Å². The van der Waals surface area contributed by atoms with Crippen molar-refractivity contribution in [1.29, 1.82) is 0 Å². The number of carboxylic acid groups (broad SMARTS) is 1. The number of fused-ring (bicyclic) bond motifs is 1. The SMILES string of the molecule is CN(C)c1ccc2nc(C3=N[C@@H](C(=O)O)CS3)ccc2c1. The molecule has 0 fully saturated rings. The molecule has 6 heteroatoms. The van der Waals surface area contributed by atoms with Crippen LogP contribution >= 0.6 is 11.8 Å². The number of rotatable bonds is 3. The predicted octanol–water partition coefficient (Wildman–Crippen LogP) is 2.25. The highest BCUT2D eigenvalue weighted by Crippen LogP contribution is 2.25. The zero-order chi connectivity index (χ0) is 15.0. The van der Waals surface area contributed by atoms with Gasteiger partial charge in [0.05, 0.1) is 11.2 Å². The summed E-state index contributed by atoms with van der Waals surface area (Å²) in [5, 5.41) is 10.8. The Kier molecular flexibility index (Phi) is 3.55. The molecule has 1 N–H and O–H groups in total. The van der Waals surface area contributed by atoms with Gasteiger partial charge in [0.1, 0.15) is 5.04 Å². The maximum absolute atomic E-state index is 10.9. The van der Waals surface area contributed by atoms with Gasteiger partial charge in [0, 0.05) is 30.9 Å². The third-order valence-electron chi connectivity index (χ3n) is 3.34. The minimum atomic E-state index is -0.881. The number of aliphatic imine (C=N–C) groups is 1. The predicted molar refractivity (Wildman–Crippen MR) is 86.5 cm³/mol. The highest BCUT2D eigenvalue weighted by Gasteiger charge is 2.25. The average Bonchev–Trinajstić information content (AvgIpc) is 2.96. The molecule has 1 aromatic carbocycles. The van der Waals surface area contributed by atoms with E-state index >= 15 is 0 Å². The number of aliphatic carboxylic acids is 1. The summed E-state index contributed by atoms with van der Waals surface area (Å²) in [7, 11) is 4.00. The molecule has 1 atom stereocenters. The van der Waals surface area contributed by atoms with Crippen LogP contribution in [0.3, 0.4) is 0 Å². The molecule has 1 aliphatic heterocycles. The largest absolute Gasteiger partial charge is 0.480 e. The van der Waals surface area contributed by atoms with Crippen LogP contribution in [-0.4, -0.2) is 47.0 Å². The second kappa shape index (κ2) is 5.37. The lowest BCUT2D eigenvalue weighted by Crippen LogP contribution is -2.17. The Bertz CT molecular complexity index is 743. The van der Waals surface area contributed by atoms with Crippen LogP contribution in [0.25, 0.3) is 10.9 Å². The summed E-state index contributed by atoms with van der Waals surface area (Å²) < 4.78 is 0. The number of benzene rings is 1. The number of aromatic nitrogens is 1. The Balaban J connectivity index is 1.97. The molecular formula is C15H15N3O2S. The quantitative estimate of drug-likeness (QED) is 0.942. The Morgan fingerprint density at radius 1 is 1.33 bits per heavy atom. The first-order valence-electron chi connectivity index (χ1n) is 6.56. The van der Waals surface area contributed by atoms with E-state index < -0.39 is 12.0 Å². The van der Waals surface area contributed by atoms with Crippen LogP contribution in [0.4, 0.5) is 5.69 Å². The van der Waals surface area contributed by atoms with Gasteiger partial charge in [-0.05, 0) is 24.3 Å². The van der Waals surface area contributed by atoms with E-state index in [0.29, 0.717) is 10.8 Å². The van der Waals surface area contributed by atoms with Crippen molar-refractivity contribution in [2.45, 2.75) is 6.04 Å². The second-order valence-electron chi connectivity index (χ2n) is 5.07. The summed E-state index contributed by atoms with van der Waals surface area (Å²) in [5.41, 5.74) is 2.75. The van der Waals surface area contributed by atoms with E-state index in [1.807, 2.05) is 43.3 Å². The molecule has 0 saturated heterocycles. The fraction of sp³-hybridized carbons (Fsp3) is 0.267. The van der Waals surface area contributed by atoms with Gasteiger partial charge < -0.3 is 10.0 Å². The number of pyridine rings is 1. The van der Waals surface area contributed by atoms with E-state index in [9.17, 15) is 4.79 Å². The molecule has 1 aliphatic rings. The van der Waals surface area contributed by atoms with Gasteiger partial charge in [-0.25, -0.2) is 9.78 Å². The van der Waals surface area contributed by atoms with Gasteiger partial charge in [-0.3, -0.25) is 4.99 Å². The first kappa shape index (κ1) is 13.9. The highest BCUT2D eigenvalue weighted by molar-refractivity contribution is 8.14. The molecule has 0 amide bonds. The number of anilines is 1. The Morgan fingerprint density at radius 2 is 2.14 bits per heavy atom. The van der Waals surface area contributed by atoms with Crippen molar-refractivity contribution in [3.63, 3.8) is 0 Å². The highest BCUT2D eigenvalue weighted by atomic mass is 32.2.